The third kappa shape index (κ3) is 4.49. The highest BCUT2D eigenvalue weighted by Gasteiger charge is 2.19. The van der Waals surface area contributed by atoms with Crippen LogP contribution in [0.5, 0.6) is 11.5 Å². The molecule has 0 saturated heterocycles. The molecule has 4 aromatic rings. The summed E-state index contributed by atoms with van der Waals surface area (Å²) in [4.78, 5) is 21.5. The van der Waals surface area contributed by atoms with Crippen molar-refractivity contribution < 1.29 is 28.9 Å². The summed E-state index contributed by atoms with van der Waals surface area (Å²) in [5, 5.41) is 13.0. The highest BCUT2D eigenvalue weighted by molar-refractivity contribution is 6.09. The first kappa shape index (κ1) is 21.2. The number of aliphatic carboxylic acids is 1. The molecule has 0 unspecified atom stereocenters. The lowest BCUT2D eigenvalue weighted by molar-refractivity contribution is -0.137. The van der Waals surface area contributed by atoms with Crippen LogP contribution in [0.1, 0.15) is 6.42 Å². The first-order valence-electron chi connectivity index (χ1n) is 10.3. The molecule has 0 heterocycles. The van der Waals surface area contributed by atoms with E-state index in [0.717, 1.165) is 32.7 Å². The molecule has 0 fully saturated rings. The first-order chi connectivity index (χ1) is 15.7. The van der Waals surface area contributed by atoms with Crippen molar-refractivity contribution in [3.05, 3.63) is 72.8 Å². The Labute approximate surface area is 184 Å². The number of hydrogen-bond acceptors (Lipinski definition) is 5. The highest BCUT2D eigenvalue weighted by Crippen LogP contribution is 2.45. The van der Waals surface area contributed by atoms with Gasteiger partial charge in [-0.25, -0.2) is 0 Å². The van der Waals surface area contributed by atoms with Crippen LogP contribution in [-0.2, 0) is 14.3 Å². The molecule has 0 aliphatic rings. The molecule has 0 aromatic heterocycles. The van der Waals surface area contributed by atoms with Gasteiger partial charge in [0.05, 0.1) is 13.0 Å². The van der Waals surface area contributed by atoms with Gasteiger partial charge in [-0.2, -0.15) is 0 Å². The number of hydrogen-bond donors (Lipinski definition) is 1. The quantitative estimate of drug-likeness (QED) is 0.280. The van der Waals surface area contributed by atoms with Crippen molar-refractivity contribution in [2.24, 2.45) is 0 Å². The number of carbonyl (C=O) groups is 2. The molecule has 0 saturated carbocycles. The van der Waals surface area contributed by atoms with Crippen LogP contribution in [0.2, 0.25) is 0 Å². The molecule has 4 aromatic carbocycles. The lowest BCUT2D eigenvalue weighted by Crippen LogP contribution is -2.08. The van der Waals surface area contributed by atoms with Gasteiger partial charge in [-0.15, -0.1) is 0 Å². The van der Waals surface area contributed by atoms with Crippen molar-refractivity contribution >= 4 is 34.0 Å². The Morgan fingerprint density at radius 3 is 1.78 bits per heavy atom. The van der Waals surface area contributed by atoms with Crippen molar-refractivity contribution in [3.8, 4) is 22.6 Å². The number of fused-ring (bicyclic) bond motifs is 2. The lowest BCUT2D eigenvalue weighted by Gasteiger charge is -2.19. The summed E-state index contributed by atoms with van der Waals surface area (Å²) in [6.07, 6.45) is -0.103. The van der Waals surface area contributed by atoms with E-state index in [2.05, 4.69) is 0 Å². The Morgan fingerprint density at radius 1 is 0.719 bits per heavy atom. The minimum Gasteiger partial charge on any atom is -0.492 e. The maximum absolute atomic E-state index is 11.0. The Hall–Kier alpha value is -4.06. The molecule has 6 heteroatoms. The van der Waals surface area contributed by atoms with Gasteiger partial charge in [-0.05, 0) is 33.7 Å². The van der Waals surface area contributed by atoms with Crippen LogP contribution in [0.4, 0.5) is 0 Å². The van der Waals surface area contributed by atoms with E-state index in [1.807, 2.05) is 72.8 Å². The van der Waals surface area contributed by atoms with Crippen LogP contribution >= 0.6 is 0 Å². The molecule has 162 valence electrons. The van der Waals surface area contributed by atoms with Crippen molar-refractivity contribution in [1.29, 1.82) is 0 Å². The predicted molar refractivity (Wildman–Crippen MR) is 122 cm³/mol. The normalized spacial score (nSPS) is 10.8. The van der Waals surface area contributed by atoms with E-state index in [9.17, 15) is 9.59 Å². The number of carboxylic acids is 1. The molecule has 0 aliphatic heterocycles. The summed E-state index contributed by atoms with van der Waals surface area (Å²) in [5.74, 6) is 0.282. The topological polar surface area (TPSA) is 82.1 Å². The highest BCUT2D eigenvalue weighted by atomic mass is 16.5. The fraction of sp³-hybridized carbons (Fsp3) is 0.154. The Kier molecular flexibility index (Phi) is 6.51. The van der Waals surface area contributed by atoms with Crippen LogP contribution in [0, 0.1) is 0 Å². The van der Waals surface area contributed by atoms with Crippen molar-refractivity contribution in [3.63, 3.8) is 0 Å². The number of rotatable bonds is 10. The number of carbonyl (C=O) groups excluding carboxylic acids is 1. The molecule has 6 nitrogen and oxygen atoms in total. The number of benzene rings is 4. The van der Waals surface area contributed by atoms with Gasteiger partial charge in [-0.3, -0.25) is 9.59 Å². The molecule has 1 N–H and O–H groups in total. The smallest absolute Gasteiger partial charge is 0.306 e. The summed E-state index contributed by atoms with van der Waals surface area (Å²) >= 11 is 0. The second kappa shape index (κ2) is 9.83. The van der Waals surface area contributed by atoms with E-state index in [1.165, 1.54) is 0 Å². The minimum atomic E-state index is -0.920. The zero-order valence-electron chi connectivity index (χ0n) is 17.3. The maximum atomic E-state index is 11.0. The molecular weight excluding hydrogens is 408 g/mol. The monoisotopic (exact) mass is 430 g/mol. The van der Waals surface area contributed by atoms with Crippen LogP contribution in [-0.4, -0.2) is 37.4 Å². The van der Waals surface area contributed by atoms with Gasteiger partial charge in [-0.1, -0.05) is 60.7 Å². The fourth-order valence-electron chi connectivity index (χ4n) is 3.76. The molecule has 0 atom stereocenters. The average Bonchev–Trinajstić information content (AvgIpc) is 2.81. The summed E-state index contributed by atoms with van der Waals surface area (Å²) in [5.41, 5.74) is 1.67. The fourth-order valence-corrected chi connectivity index (χ4v) is 3.76. The largest absolute Gasteiger partial charge is 0.492 e. The Balaban J connectivity index is 1.92. The second-order valence-corrected chi connectivity index (χ2v) is 7.13. The summed E-state index contributed by atoms with van der Waals surface area (Å²) in [6, 6.07) is 23.6. The van der Waals surface area contributed by atoms with E-state index in [4.69, 9.17) is 19.3 Å². The summed E-state index contributed by atoms with van der Waals surface area (Å²) < 4.78 is 16.7. The van der Waals surface area contributed by atoms with Crippen molar-refractivity contribution in [1.82, 2.24) is 0 Å². The molecule has 0 amide bonds. The molecule has 32 heavy (non-hydrogen) atoms. The summed E-state index contributed by atoms with van der Waals surface area (Å²) in [7, 11) is 0. The predicted octanol–water partition coefficient (Wildman–Crippen LogP) is 5.07. The molecular formula is C26H22O6. The molecule has 4 rings (SSSR count). The van der Waals surface area contributed by atoms with E-state index in [-0.39, 0.29) is 26.2 Å². The maximum Gasteiger partial charge on any atom is 0.306 e. The zero-order chi connectivity index (χ0) is 22.3. The van der Waals surface area contributed by atoms with E-state index in [1.54, 1.807) is 0 Å². The van der Waals surface area contributed by atoms with Crippen molar-refractivity contribution in [2.45, 2.75) is 6.42 Å². The van der Waals surface area contributed by atoms with Gasteiger partial charge in [0.2, 0.25) is 0 Å². The van der Waals surface area contributed by atoms with E-state index >= 15 is 0 Å². The third-order valence-electron chi connectivity index (χ3n) is 5.13. The minimum absolute atomic E-state index is 0.0504. The van der Waals surface area contributed by atoms with Gasteiger partial charge in [0, 0.05) is 11.1 Å². The van der Waals surface area contributed by atoms with Crippen LogP contribution < -0.4 is 9.47 Å². The third-order valence-corrected chi connectivity index (χ3v) is 5.13. The first-order valence-corrected chi connectivity index (χ1v) is 10.3. The number of ether oxygens (including phenoxy) is 3. The second-order valence-electron chi connectivity index (χ2n) is 7.13. The van der Waals surface area contributed by atoms with Gasteiger partial charge < -0.3 is 19.3 Å². The average molecular weight is 430 g/mol. The SMILES string of the molecule is O=COCCOc1ccc2ccccc2c1-c1c(OCCC(=O)O)ccc2ccccc12. The van der Waals surface area contributed by atoms with Gasteiger partial charge in [0.15, 0.2) is 0 Å². The van der Waals surface area contributed by atoms with Crippen LogP contribution in [0.15, 0.2) is 72.8 Å². The van der Waals surface area contributed by atoms with E-state index in [0.29, 0.717) is 18.0 Å². The molecule has 0 spiro atoms. The van der Waals surface area contributed by atoms with Gasteiger partial charge in [0.1, 0.15) is 24.7 Å². The molecule has 0 bridgehead atoms. The molecule has 0 aliphatic carbocycles. The van der Waals surface area contributed by atoms with E-state index < -0.39 is 5.97 Å². The van der Waals surface area contributed by atoms with Gasteiger partial charge >= 0.3 is 5.97 Å². The van der Waals surface area contributed by atoms with Crippen molar-refractivity contribution in [2.75, 3.05) is 19.8 Å². The molecule has 0 radical (unpaired) electrons. The van der Waals surface area contributed by atoms with Gasteiger partial charge in [0.25, 0.3) is 6.47 Å². The standard InChI is InChI=1S/C26H22O6/c27-17-30-15-16-32-23-12-10-19-6-2-4-8-21(19)26(23)25-20-7-3-1-5-18(20)9-11-22(25)31-14-13-24(28)29/h1-12,17H,13-16H2,(H,28,29). The summed E-state index contributed by atoms with van der Waals surface area (Å²) in [6.45, 7) is 0.774. The Morgan fingerprint density at radius 2 is 1.25 bits per heavy atom. The zero-order valence-corrected chi connectivity index (χ0v) is 17.3. The Bertz CT molecular complexity index is 1260. The lowest BCUT2D eigenvalue weighted by atomic mass is 9.92. The van der Waals surface area contributed by atoms with Crippen LogP contribution in [0.25, 0.3) is 32.7 Å². The van der Waals surface area contributed by atoms with Crippen LogP contribution in [0.3, 0.4) is 0 Å². The number of carboxylic acid groups (broad SMARTS) is 1.